The molecule has 0 radical (unpaired) electrons. The molecule has 10 nitrogen and oxygen atoms in total. The Balaban J connectivity index is 1.65. The molecule has 196 valence electrons. The summed E-state index contributed by atoms with van der Waals surface area (Å²) in [5, 5.41) is 3.31. The van der Waals surface area contributed by atoms with E-state index < -0.39 is 10.0 Å². The molecule has 4 rings (SSSR count). The molecule has 0 bridgehead atoms. The Hall–Kier alpha value is -3.02. The molecular weight excluding hydrogens is 482 g/mol. The van der Waals surface area contributed by atoms with Crippen LogP contribution in [0.25, 0.3) is 0 Å². The van der Waals surface area contributed by atoms with E-state index in [-0.39, 0.29) is 10.8 Å². The number of piperazine rings is 2. The molecule has 36 heavy (non-hydrogen) atoms. The third kappa shape index (κ3) is 5.69. The Morgan fingerprint density at radius 1 is 0.944 bits per heavy atom. The lowest BCUT2D eigenvalue weighted by Crippen LogP contribution is -2.48. The van der Waals surface area contributed by atoms with Gasteiger partial charge in [0.05, 0.1) is 30.5 Å². The molecule has 2 heterocycles. The molecule has 2 N–H and O–H groups in total. The third-order valence-corrected chi connectivity index (χ3v) is 8.08. The number of nitrogens with one attached hydrogen (secondary N) is 2. The summed E-state index contributed by atoms with van der Waals surface area (Å²) in [6.07, 6.45) is 0. The van der Waals surface area contributed by atoms with E-state index in [0.29, 0.717) is 35.8 Å². The maximum atomic E-state index is 13.4. The predicted molar refractivity (Wildman–Crippen MR) is 140 cm³/mol. The summed E-state index contributed by atoms with van der Waals surface area (Å²) in [6.45, 7) is 9.10. The van der Waals surface area contributed by atoms with Crippen LogP contribution in [0, 0.1) is 0 Å². The molecule has 11 heteroatoms. The van der Waals surface area contributed by atoms with Gasteiger partial charge in [-0.1, -0.05) is 6.92 Å². The number of ether oxygens (including phenoxy) is 2. The van der Waals surface area contributed by atoms with Gasteiger partial charge in [0.25, 0.3) is 15.9 Å². The van der Waals surface area contributed by atoms with E-state index in [4.69, 9.17) is 9.47 Å². The molecule has 0 saturated carbocycles. The second-order valence-corrected chi connectivity index (χ2v) is 10.5. The van der Waals surface area contributed by atoms with Gasteiger partial charge in [0, 0.05) is 64.0 Å². The first-order valence-corrected chi connectivity index (χ1v) is 13.7. The lowest BCUT2D eigenvalue weighted by atomic mass is 10.1. The van der Waals surface area contributed by atoms with E-state index in [2.05, 4.69) is 26.8 Å². The van der Waals surface area contributed by atoms with E-state index in [1.54, 1.807) is 18.2 Å². The van der Waals surface area contributed by atoms with Crippen molar-refractivity contribution in [2.24, 2.45) is 0 Å². The second kappa shape index (κ2) is 11.4. The van der Waals surface area contributed by atoms with Gasteiger partial charge in [0.15, 0.2) is 11.5 Å². The van der Waals surface area contributed by atoms with Crippen molar-refractivity contribution >= 4 is 27.3 Å². The van der Waals surface area contributed by atoms with E-state index in [9.17, 15) is 13.2 Å². The van der Waals surface area contributed by atoms with Gasteiger partial charge in [-0.25, -0.2) is 8.42 Å². The first-order valence-electron chi connectivity index (χ1n) is 12.2. The highest BCUT2D eigenvalue weighted by Gasteiger charge is 2.25. The Kier molecular flexibility index (Phi) is 8.22. The fraction of sp³-hybridized carbons (Fsp3) is 0.480. The van der Waals surface area contributed by atoms with Gasteiger partial charge in [-0.3, -0.25) is 9.52 Å². The zero-order valence-electron chi connectivity index (χ0n) is 21.1. The summed E-state index contributed by atoms with van der Waals surface area (Å²) in [5.74, 6) is 0.663. The zero-order chi connectivity index (χ0) is 25.7. The largest absolute Gasteiger partial charge is 0.493 e. The number of benzene rings is 2. The molecular formula is C25H35N5O5S. The van der Waals surface area contributed by atoms with Crippen LogP contribution in [0.2, 0.25) is 0 Å². The minimum Gasteiger partial charge on any atom is -0.493 e. The number of carbonyl (C=O) groups excluding carboxylic acids is 1. The van der Waals surface area contributed by atoms with Crippen LogP contribution in [-0.4, -0.2) is 97.2 Å². The van der Waals surface area contributed by atoms with Crippen molar-refractivity contribution in [2.75, 3.05) is 82.7 Å². The Labute approximate surface area is 213 Å². The average molecular weight is 518 g/mol. The number of sulfonamides is 1. The van der Waals surface area contributed by atoms with Crippen molar-refractivity contribution < 1.29 is 22.7 Å². The van der Waals surface area contributed by atoms with Gasteiger partial charge in [-0.05, 0) is 36.9 Å². The predicted octanol–water partition coefficient (Wildman–Crippen LogP) is 1.69. The topological polar surface area (TPSA) is 103 Å². The Morgan fingerprint density at radius 2 is 1.64 bits per heavy atom. The maximum Gasteiger partial charge on any atom is 0.262 e. The molecule has 2 fully saturated rings. The number of amides is 1. The van der Waals surface area contributed by atoms with Crippen LogP contribution >= 0.6 is 0 Å². The van der Waals surface area contributed by atoms with Crippen molar-refractivity contribution in [3.8, 4) is 11.5 Å². The van der Waals surface area contributed by atoms with Crippen molar-refractivity contribution in [1.29, 1.82) is 0 Å². The fourth-order valence-electron chi connectivity index (χ4n) is 4.57. The molecule has 0 spiro atoms. The van der Waals surface area contributed by atoms with Gasteiger partial charge in [-0.2, -0.15) is 0 Å². The monoisotopic (exact) mass is 517 g/mol. The van der Waals surface area contributed by atoms with E-state index in [0.717, 1.165) is 51.5 Å². The number of rotatable bonds is 8. The summed E-state index contributed by atoms with van der Waals surface area (Å²) in [7, 11) is -1.02. The van der Waals surface area contributed by atoms with Crippen molar-refractivity contribution in [3.63, 3.8) is 0 Å². The Bertz CT molecular complexity index is 1180. The van der Waals surface area contributed by atoms with Crippen LogP contribution in [0.3, 0.4) is 0 Å². The normalized spacial score (nSPS) is 17.1. The third-order valence-electron chi connectivity index (χ3n) is 6.72. The van der Waals surface area contributed by atoms with Crippen LogP contribution in [0.1, 0.15) is 17.3 Å². The molecule has 2 aromatic rings. The minimum atomic E-state index is -3.97. The molecule has 0 unspecified atom stereocenters. The van der Waals surface area contributed by atoms with Crippen molar-refractivity contribution in [2.45, 2.75) is 11.8 Å². The number of nitrogens with zero attached hydrogens (tertiary/aromatic N) is 3. The summed E-state index contributed by atoms with van der Waals surface area (Å²) in [5.41, 5.74) is 1.58. The molecule has 2 aliphatic heterocycles. The quantitative estimate of drug-likeness (QED) is 0.546. The average Bonchev–Trinajstić information content (AvgIpc) is 2.92. The number of hydrogen-bond donors (Lipinski definition) is 2. The fourth-order valence-corrected chi connectivity index (χ4v) is 5.65. The summed E-state index contributed by atoms with van der Waals surface area (Å²) in [6, 6.07) is 9.74. The molecule has 2 aromatic carbocycles. The molecule has 1 amide bonds. The number of hydrogen-bond acceptors (Lipinski definition) is 8. The van der Waals surface area contributed by atoms with Gasteiger partial charge in [0.2, 0.25) is 0 Å². The smallest absolute Gasteiger partial charge is 0.262 e. The van der Waals surface area contributed by atoms with Crippen molar-refractivity contribution in [3.05, 3.63) is 42.0 Å². The van der Waals surface area contributed by atoms with Crippen LogP contribution in [0.4, 0.5) is 11.4 Å². The van der Waals surface area contributed by atoms with Crippen LogP contribution in [0.15, 0.2) is 41.3 Å². The molecule has 0 aromatic heterocycles. The molecule has 0 atom stereocenters. The maximum absolute atomic E-state index is 13.4. The number of methoxy groups -OCH3 is 2. The van der Waals surface area contributed by atoms with Crippen molar-refractivity contribution in [1.82, 2.24) is 15.1 Å². The van der Waals surface area contributed by atoms with Crippen LogP contribution in [0.5, 0.6) is 11.5 Å². The van der Waals surface area contributed by atoms with Gasteiger partial charge in [-0.15, -0.1) is 0 Å². The van der Waals surface area contributed by atoms with Gasteiger partial charge >= 0.3 is 0 Å². The number of anilines is 2. The molecule has 2 saturated heterocycles. The van der Waals surface area contributed by atoms with E-state index >= 15 is 0 Å². The minimum absolute atomic E-state index is 0.0406. The van der Waals surface area contributed by atoms with Gasteiger partial charge < -0.3 is 29.5 Å². The number of carbonyl (C=O) groups is 1. The molecule has 0 aliphatic carbocycles. The van der Waals surface area contributed by atoms with Gasteiger partial charge in [0.1, 0.15) is 0 Å². The first kappa shape index (κ1) is 26.1. The first-order chi connectivity index (χ1) is 17.4. The van der Waals surface area contributed by atoms with E-state index in [1.165, 1.54) is 26.4 Å². The summed E-state index contributed by atoms with van der Waals surface area (Å²) < 4.78 is 40.1. The summed E-state index contributed by atoms with van der Waals surface area (Å²) in [4.78, 5) is 19.6. The zero-order valence-corrected chi connectivity index (χ0v) is 21.9. The van der Waals surface area contributed by atoms with Crippen LogP contribution in [-0.2, 0) is 10.0 Å². The standard InChI is InChI=1S/C25H35N5O5S/c1-4-28-13-15-30(16-14-28)25(31)19-5-7-22(29-11-9-26-10-12-29)21(17-19)27-36(32,33)20-6-8-23(34-2)24(18-20)35-3/h5-8,17-18,26-27H,4,9-16H2,1-3H3. The Morgan fingerprint density at radius 3 is 2.28 bits per heavy atom. The lowest BCUT2D eigenvalue weighted by molar-refractivity contribution is 0.0643. The molecule has 2 aliphatic rings. The highest BCUT2D eigenvalue weighted by atomic mass is 32.2. The lowest BCUT2D eigenvalue weighted by Gasteiger charge is -2.34. The summed E-state index contributed by atoms with van der Waals surface area (Å²) >= 11 is 0. The highest BCUT2D eigenvalue weighted by Crippen LogP contribution is 2.33. The second-order valence-electron chi connectivity index (χ2n) is 8.82. The SMILES string of the molecule is CCN1CCN(C(=O)c2ccc(N3CCNCC3)c(NS(=O)(=O)c3ccc(OC)c(OC)c3)c2)CC1. The van der Waals surface area contributed by atoms with E-state index in [1.807, 2.05) is 11.0 Å². The highest BCUT2D eigenvalue weighted by molar-refractivity contribution is 7.92. The number of likely N-dealkylation sites (N-methyl/N-ethyl adjacent to an activating group) is 1. The van der Waals surface area contributed by atoms with Crippen LogP contribution < -0.4 is 24.4 Å².